The van der Waals surface area contributed by atoms with Gasteiger partial charge in [0.05, 0.1) is 17.6 Å². The molecule has 1 atom stereocenters. The van der Waals surface area contributed by atoms with Crippen LogP contribution in [0.2, 0.25) is 0 Å². The Labute approximate surface area is 135 Å². The Balaban J connectivity index is 1.81. The van der Waals surface area contributed by atoms with E-state index in [1.807, 2.05) is 36.1 Å². The van der Waals surface area contributed by atoms with Gasteiger partial charge in [0.2, 0.25) is 5.91 Å². The van der Waals surface area contributed by atoms with E-state index in [-0.39, 0.29) is 18.1 Å². The zero-order chi connectivity index (χ0) is 16.4. The highest BCUT2D eigenvalue weighted by Crippen LogP contribution is 2.15. The van der Waals surface area contributed by atoms with Gasteiger partial charge in [-0.2, -0.15) is 0 Å². The zero-order valence-corrected chi connectivity index (χ0v) is 13.7. The van der Waals surface area contributed by atoms with Gasteiger partial charge in [0, 0.05) is 32.7 Å². The van der Waals surface area contributed by atoms with Gasteiger partial charge in [-0.25, -0.2) is 4.79 Å². The van der Waals surface area contributed by atoms with Crippen molar-refractivity contribution in [1.29, 1.82) is 0 Å². The van der Waals surface area contributed by atoms with Gasteiger partial charge in [-0.1, -0.05) is 12.1 Å². The maximum atomic E-state index is 12.7. The molecule has 0 spiro atoms. The van der Waals surface area contributed by atoms with E-state index in [0.29, 0.717) is 19.0 Å². The van der Waals surface area contributed by atoms with E-state index in [9.17, 15) is 9.59 Å². The lowest BCUT2D eigenvalue weighted by Gasteiger charge is -2.23. The standard InChI is InChI=1S/C17H23N3O3/c1-3-19(10-13-8-9-23-12-13)16(21)11-20-15-7-5-4-6-14(15)18(2)17(20)22/h4-7,13H,3,8-12H2,1-2H3/t13-/m1/s1. The van der Waals surface area contributed by atoms with Gasteiger partial charge < -0.3 is 9.64 Å². The fourth-order valence-corrected chi connectivity index (χ4v) is 3.20. The summed E-state index contributed by atoms with van der Waals surface area (Å²) in [6.07, 6.45) is 0.998. The molecule has 0 unspecified atom stereocenters. The minimum absolute atomic E-state index is 0.0159. The molecule has 1 saturated heterocycles. The minimum atomic E-state index is -0.153. The SMILES string of the molecule is CCN(C[C@H]1CCOC1)C(=O)Cn1c(=O)n(C)c2ccccc21. The number of nitrogens with zero attached hydrogens (tertiary/aromatic N) is 3. The lowest BCUT2D eigenvalue weighted by atomic mass is 10.1. The molecule has 0 saturated carbocycles. The molecule has 2 heterocycles. The minimum Gasteiger partial charge on any atom is -0.381 e. The monoisotopic (exact) mass is 317 g/mol. The molecule has 1 aliphatic heterocycles. The Morgan fingerprint density at radius 1 is 1.35 bits per heavy atom. The quantitative estimate of drug-likeness (QED) is 0.833. The summed E-state index contributed by atoms with van der Waals surface area (Å²) < 4.78 is 8.53. The van der Waals surface area contributed by atoms with Crippen molar-refractivity contribution < 1.29 is 9.53 Å². The van der Waals surface area contributed by atoms with Crippen molar-refractivity contribution in [1.82, 2.24) is 14.0 Å². The Morgan fingerprint density at radius 3 is 2.74 bits per heavy atom. The maximum absolute atomic E-state index is 12.7. The molecule has 1 aromatic carbocycles. The molecule has 6 heteroatoms. The van der Waals surface area contributed by atoms with Crippen LogP contribution >= 0.6 is 0 Å². The molecule has 3 rings (SSSR count). The topological polar surface area (TPSA) is 56.5 Å². The maximum Gasteiger partial charge on any atom is 0.329 e. The first-order valence-electron chi connectivity index (χ1n) is 8.11. The average Bonchev–Trinajstić information content (AvgIpc) is 3.16. The van der Waals surface area contributed by atoms with Gasteiger partial charge in [-0.05, 0) is 25.5 Å². The number of likely N-dealkylation sites (N-methyl/N-ethyl adjacent to an activating group) is 1. The van der Waals surface area contributed by atoms with E-state index in [4.69, 9.17) is 4.74 Å². The lowest BCUT2D eigenvalue weighted by Crippen LogP contribution is -2.39. The first-order chi connectivity index (χ1) is 11.1. The summed E-state index contributed by atoms with van der Waals surface area (Å²) in [5.74, 6) is 0.390. The van der Waals surface area contributed by atoms with Crippen LogP contribution in [0.3, 0.4) is 0 Å². The van der Waals surface area contributed by atoms with E-state index in [1.165, 1.54) is 0 Å². The summed E-state index contributed by atoms with van der Waals surface area (Å²) in [7, 11) is 1.74. The van der Waals surface area contributed by atoms with Crippen molar-refractivity contribution in [3.63, 3.8) is 0 Å². The highest BCUT2D eigenvalue weighted by molar-refractivity contribution is 5.81. The number of ether oxygens (including phenoxy) is 1. The number of amides is 1. The molecule has 6 nitrogen and oxygen atoms in total. The van der Waals surface area contributed by atoms with Crippen LogP contribution < -0.4 is 5.69 Å². The Kier molecular flexibility index (Phi) is 4.52. The highest BCUT2D eigenvalue weighted by Gasteiger charge is 2.22. The number of fused-ring (bicyclic) bond motifs is 1. The van der Waals surface area contributed by atoms with Gasteiger partial charge in [0.25, 0.3) is 0 Å². The Morgan fingerprint density at radius 2 is 2.09 bits per heavy atom. The second kappa shape index (κ2) is 6.58. The molecule has 1 aliphatic rings. The molecule has 0 aliphatic carbocycles. The molecule has 1 amide bonds. The van der Waals surface area contributed by atoms with Gasteiger partial charge >= 0.3 is 5.69 Å². The number of benzene rings is 1. The molecule has 0 N–H and O–H groups in total. The van der Waals surface area contributed by atoms with Crippen LogP contribution in [-0.4, -0.2) is 46.2 Å². The van der Waals surface area contributed by atoms with E-state index < -0.39 is 0 Å². The number of carbonyl (C=O) groups is 1. The van der Waals surface area contributed by atoms with Crippen LogP contribution in [0.5, 0.6) is 0 Å². The summed E-state index contributed by atoms with van der Waals surface area (Å²) in [6, 6.07) is 7.55. The van der Waals surface area contributed by atoms with E-state index in [2.05, 4.69) is 0 Å². The highest BCUT2D eigenvalue weighted by atomic mass is 16.5. The second-order valence-electron chi connectivity index (χ2n) is 6.08. The fourth-order valence-electron chi connectivity index (χ4n) is 3.20. The summed E-state index contributed by atoms with van der Waals surface area (Å²) in [6.45, 7) is 4.90. The van der Waals surface area contributed by atoms with Crippen LogP contribution in [0.25, 0.3) is 11.0 Å². The van der Waals surface area contributed by atoms with Gasteiger partial charge in [-0.15, -0.1) is 0 Å². The predicted molar refractivity (Wildman–Crippen MR) is 88.4 cm³/mol. The third-order valence-electron chi connectivity index (χ3n) is 4.58. The van der Waals surface area contributed by atoms with Gasteiger partial charge in [0.15, 0.2) is 0 Å². The summed E-state index contributed by atoms with van der Waals surface area (Å²) in [5.41, 5.74) is 1.49. The molecule has 1 aromatic heterocycles. The van der Waals surface area contributed by atoms with Crippen LogP contribution in [0.15, 0.2) is 29.1 Å². The normalized spacial score (nSPS) is 17.7. The average molecular weight is 317 g/mol. The molecular formula is C17H23N3O3. The zero-order valence-electron chi connectivity index (χ0n) is 13.7. The van der Waals surface area contributed by atoms with E-state index >= 15 is 0 Å². The van der Waals surface area contributed by atoms with E-state index in [0.717, 1.165) is 30.7 Å². The van der Waals surface area contributed by atoms with Crippen LogP contribution in [0.1, 0.15) is 13.3 Å². The summed E-state index contributed by atoms with van der Waals surface area (Å²) in [4.78, 5) is 26.9. The lowest BCUT2D eigenvalue weighted by molar-refractivity contribution is -0.132. The van der Waals surface area contributed by atoms with Crippen molar-refractivity contribution in [2.24, 2.45) is 13.0 Å². The molecule has 0 bridgehead atoms. The number of para-hydroxylation sites is 2. The van der Waals surface area contributed by atoms with Crippen molar-refractivity contribution in [2.75, 3.05) is 26.3 Å². The van der Waals surface area contributed by atoms with Crippen molar-refractivity contribution >= 4 is 16.9 Å². The number of rotatable bonds is 5. The summed E-state index contributed by atoms with van der Waals surface area (Å²) >= 11 is 0. The van der Waals surface area contributed by atoms with Gasteiger partial charge in [-0.3, -0.25) is 13.9 Å². The number of hydrogen-bond acceptors (Lipinski definition) is 3. The molecule has 124 valence electrons. The second-order valence-corrected chi connectivity index (χ2v) is 6.08. The molecule has 2 aromatic rings. The number of hydrogen-bond donors (Lipinski definition) is 0. The number of imidazole rings is 1. The Hall–Kier alpha value is -2.08. The van der Waals surface area contributed by atoms with Gasteiger partial charge in [0.1, 0.15) is 6.54 Å². The number of aryl methyl sites for hydroxylation is 1. The molecular weight excluding hydrogens is 294 g/mol. The van der Waals surface area contributed by atoms with Crippen LogP contribution in [-0.2, 0) is 23.1 Å². The third-order valence-corrected chi connectivity index (χ3v) is 4.58. The fraction of sp³-hybridized carbons (Fsp3) is 0.529. The van der Waals surface area contributed by atoms with Crippen molar-refractivity contribution in [3.05, 3.63) is 34.7 Å². The van der Waals surface area contributed by atoms with E-state index in [1.54, 1.807) is 16.2 Å². The van der Waals surface area contributed by atoms with Crippen LogP contribution in [0, 0.1) is 5.92 Å². The number of aromatic nitrogens is 2. The largest absolute Gasteiger partial charge is 0.381 e. The molecule has 1 fully saturated rings. The molecule has 23 heavy (non-hydrogen) atoms. The number of carbonyl (C=O) groups excluding carboxylic acids is 1. The summed E-state index contributed by atoms with van der Waals surface area (Å²) in [5, 5.41) is 0. The first-order valence-corrected chi connectivity index (χ1v) is 8.11. The smallest absolute Gasteiger partial charge is 0.329 e. The predicted octanol–water partition coefficient (Wildman–Crippen LogP) is 1.22. The van der Waals surface area contributed by atoms with Crippen molar-refractivity contribution in [2.45, 2.75) is 19.9 Å². The first kappa shape index (κ1) is 15.8. The Bertz CT molecular complexity index is 756. The third kappa shape index (κ3) is 3.03. The van der Waals surface area contributed by atoms with Crippen molar-refractivity contribution in [3.8, 4) is 0 Å². The molecule has 0 radical (unpaired) electrons. The van der Waals surface area contributed by atoms with Crippen LogP contribution in [0.4, 0.5) is 0 Å².